The number of anilines is 2. The summed E-state index contributed by atoms with van der Waals surface area (Å²) in [5.74, 6) is 0.323. The largest absolute Gasteiger partial charge is 0.416 e. The summed E-state index contributed by atoms with van der Waals surface area (Å²) in [6.45, 7) is 3.70. The highest BCUT2D eigenvalue weighted by molar-refractivity contribution is 7.09. The van der Waals surface area contributed by atoms with Crippen LogP contribution < -0.4 is 10.6 Å². The van der Waals surface area contributed by atoms with E-state index in [1.165, 1.54) is 18.4 Å². The SMILES string of the molecule is CNc1cc(C(F)(F)F)cc(NC(C)c2nc(C)cs2)n1. The predicted octanol–water partition coefficient (Wildman–Crippen LogP) is 4.08. The molecule has 0 aliphatic heterocycles. The monoisotopic (exact) mass is 316 g/mol. The zero-order chi connectivity index (χ0) is 15.6. The van der Waals surface area contributed by atoms with Crippen molar-refractivity contribution in [2.75, 3.05) is 17.7 Å². The van der Waals surface area contributed by atoms with E-state index in [2.05, 4.69) is 20.6 Å². The number of nitrogens with zero attached hydrogens (tertiary/aromatic N) is 2. The molecular weight excluding hydrogens is 301 g/mol. The fourth-order valence-corrected chi connectivity index (χ4v) is 2.55. The molecule has 0 saturated heterocycles. The third-order valence-electron chi connectivity index (χ3n) is 2.78. The molecule has 2 aromatic rings. The minimum absolute atomic E-state index is 0.162. The van der Waals surface area contributed by atoms with Crippen LogP contribution in [-0.4, -0.2) is 17.0 Å². The number of hydrogen-bond donors (Lipinski definition) is 2. The average molecular weight is 316 g/mol. The number of aromatic nitrogens is 2. The summed E-state index contributed by atoms with van der Waals surface area (Å²) in [7, 11) is 1.53. The lowest BCUT2D eigenvalue weighted by Crippen LogP contribution is -2.12. The first kappa shape index (κ1) is 15.6. The van der Waals surface area contributed by atoms with Gasteiger partial charge in [0.05, 0.1) is 11.6 Å². The summed E-state index contributed by atoms with van der Waals surface area (Å²) >= 11 is 1.46. The molecule has 0 aliphatic rings. The van der Waals surface area contributed by atoms with Crippen LogP contribution in [-0.2, 0) is 6.18 Å². The fourth-order valence-electron chi connectivity index (χ4n) is 1.75. The molecule has 0 spiro atoms. The lowest BCUT2D eigenvalue weighted by atomic mass is 10.2. The molecule has 2 aromatic heterocycles. The number of rotatable bonds is 4. The van der Waals surface area contributed by atoms with Gasteiger partial charge in [0.2, 0.25) is 0 Å². The molecule has 2 heterocycles. The summed E-state index contributed by atoms with van der Waals surface area (Å²) in [5, 5.41) is 8.29. The van der Waals surface area contributed by atoms with Gasteiger partial charge in [0.15, 0.2) is 0 Å². The van der Waals surface area contributed by atoms with E-state index >= 15 is 0 Å². The van der Waals surface area contributed by atoms with Crippen LogP contribution in [0.25, 0.3) is 0 Å². The zero-order valence-electron chi connectivity index (χ0n) is 11.7. The van der Waals surface area contributed by atoms with Gasteiger partial charge in [0.1, 0.15) is 16.6 Å². The number of thiazole rings is 1. The molecule has 0 saturated carbocycles. The maximum atomic E-state index is 12.9. The summed E-state index contributed by atoms with van der Waals surface area (Å²) in [6, 6.07) is 1.76. The molecule has 21 heavy (non-hydrogen) atoms. The number of pyridine rings is 1. The zero-order valence-corrected chi connectivity index (χ0v) is 12.6. The van der Waals surface area contributed by atoms with Gasteiger partial charge in [-0.25, -0.2) is 9.97 Å². The van der Waals surface area contributed by atoms with Crippen LogP contribution in [0.5, 0.6) is 0 Å². The van der Waals surface area contributed by atoms with Gasteiger partial charge < -0.3 is 10.6 Å². The molecule has 8 heteroatoms. The highest BCUT2D eigenvalue weighted by Crippen LogP contribution is 2.33. The van der Waals surface area contributed by atoms with Crippen molar-refractivity contribution in [2.24, 2.45) is 0 Å². The second-order valence-electron chi connectivity index (χ2n) is 4.57. The molecule has 0 aliphatic carbocycles. The number of halogens is 3. The van der Waals surface area contributed by atoms with Gasteiger partial charge in [-0.05, 0) is 26.0 Å². The fraction of sp³-hybridized carbons (Fsp3) is 0.385. The van der Waals surface area contributed by atoms with E-state index in [1.54, 1.807) is 0 Å². The molecule has 2 rings (SSSR count). The Balaban J connectivity index is 2.27. The number of aryl methyl sites for hydroxylation is 1. The van der Waals surface area contributed by atoms with Gasteiger partial charge >= 0.3 is 6.18 Å². The van der Waals surface area contributed by atoms with Crippen molar-refractivity contribution in [3.8, 4) is 0 Å². The topological polar surface area (TPSA) is 49.8 Å². The summed E-state index contributed by atoms with van der Waals surface area (Å²) in [5.41, 5.74) is 0.142. The predicted molar refractivity (Wildman–Crippen MR) is 77.7 cm³/mol. The normalized spacial score (nSPS) is 13.0. The molecule has 2 N–H and O–H groups in total. The Morgan fingerprint density at radius 2 is 1.86 bits per heavy atom. The van der Waals surface area contributed by atoms with Gasteiger partial charge in [-0.2, -0.15) is 13.2 Å². The van der Waals surface area contributed by atoms with Gasteiger partial charge in [-0.3, -0.25) is 0 Å². The molecule has 1 atom stereocenters. The Morgan fingerprint density at radius 3 is 2.38 bits per heavy atom. The van der Waals surface area contributed by atoms with Crippen molar-refractivity contribution in [1.82, 2.24) is 9.97 Å². The van der Waals surface area contributed by atoms with Crippen LogP contribution in [0.2, 0.25) is 0 Å². The van der Waals surface area contributed by atoms with Crippen molar-refractivity contribution >= 4 is 23.0 Å². The standard InChI is InChI=1S/C13H15F3N4S/c1-7-6-21-12(18-7)8(2)19-11-5-9(13(14,15)16)4-10(17-3)20-11/h4-6,8H,1-3H3,(H2,17,19,20). The van der Waals surface area contributed by atoms with Crippen LogP contribution in [0.4, 0.5) is 24.8 Å². The number of hydrogen-bond acceptors (Lipinski definition) is 5. The van der Waals surface area contributed by atoms with Gasteiger partial charge in [0.25, 0.3) is 0 Å². The molecule has 0 fully saturated rings. The highest BCUT2D eigenvalue weighted by atomic mass is 32.1. The second-order valence-corrected chi connectivity index (χ2v) is 5.46. The smallest absolute Gasteiger partial charge is 0.373 e. The van der Waals surface area contributed by atoms with E-state index in [9.17, 15) is 13.2 Å². The van der Waals surface area contributed by atoms with Crippen molar-refractivity contribution in [2.45, 2.75) is 26.1 Å². The van der Waals surface area contributed by atoms with Crippen LogP contribution >= 0.6 is 11.3 Å². The lowest BCUT2D eigenvalue weighted by molar-refractivity contribution is -0.137. The van der Waals surface area contributed by atoms with Gasteiger partial charge in [0, 0.05) is 18.1 Å². The van der Waals surface area contributed by atoms with E-state index < -0.39 is 11.7 Å². The van der Waals surface area contributed by atoms with Crippen molar-refractivity contribution < 1.29 is 13.2 Å². The Labute approximate surface area is 124 Å². The third kappa shape index (κ3) is 3.84. The van der Waals surface area contributed by atoms with E-state index in [1.807, 2.05) is 19.2 Å². The molecule has 114 valence electrons. The quantitative estimate of drug-likeness (QED) is 0.892. The van der Waals surface area contributed by atoms with E-state index in [0.29, 0.717) is 0 Å². The van der Waals surface area contributed by atoms with Crippen LogP contribution in [0.1, 0.15) is 29.2 Å². The van der Waals surface area contributed by atoms with Crippen molar-refractivity contribution in [3.63, 3.8) is 0 Å². The first-order valence-electron chi connectivity index (χ1n) is 6.25. The van der Waals surface area contributed by atoms with Gasteiger partial charge in [-0.15, -0.1) is 11.3 Å². The Morgan fingerprint density at radius 1 is 1.19 bits per heavy atom. The maximum absolute atomic E-state index is 12.9. The number of nitrogens with one attached hydrogen (secondary N) is 2. The Bertz CT molecular complexity index is 624. The van der Waals surface area contributed by atoms with Gasteiger partial charge in [-0.1, -0.05) is 0 Å². The molecule has 0 amide bonds. The first-order valence-corrected chi connectivity index (χ1v) is 7.13. The maximum Gasteiger partial charge on any atom is 0.416 e. The summed E-state index contributed by atoms with van der Waals surface area (Å²) in [6.07, 6.45) is -4.41. The highest BCUT2D eigenvalue weighted by Gasteiger charge is 2.31. The Hall–Kier alpha value is -1.83. The Kier molecular flexibility index (Phi) is 4.36. The van der Waals surface area contributed by atoms with Crippen LogP contribution in [0.15, 0.2) is 17.5 Å². The first-order chi connectivity index (χ1) is 9.79. The molecule has 4 nitrogen and oxygen atoms in total. The molecular formula is C13H15F3N4S. The van der Waals surface area contributed by atoms with E-state index in [0.717, 1.165) is 22.8 Å². The summed E-state index contributed by atoms with van der Waals surface area (Å²) in [4.78, 5) is 8.40. The average Bonchev–Trinajstić information content (AvgIpc) is 2.84. The minimum atomic E-state index is -4.41. The van der Waals surface area contributed by atoms with E-state index in [-0.39, 0.29) is 17.7 Å². The molecule has 0 aromatic carbocycles. The van der Waals surface area contributed by atoms with E-state index in [4.69, 9.17) is 0 Å². The van der Waals surface area contributed by atoms with Crippen molar-refractivity contribution in [1.29, 1.82) is 0 Å². The molecule has 0 bridgehead atoms. The number of alkyl halides is 3. The minimum Gasteiger partial charge on any atom is -0.373 e. The van der Waals surface area contributed by atoms with Crippen LogP contribution in [0.3, 0.4) is 0 Å². The summed E-state index contributed by atoms with van der Waals surface area (Å²) < 4.78 is 38.6. The lowest BCUT2D eigenvalue weighted by Gasteiger charge is -2.15. The third-order valence-corrected chi connectivity index (χ3v) is 3.93. The molecule has 1 unspecified atom stereocenters. The van der Waals surface area contributed by atoms with Crippen molar-refractivity contribution in [3.05, 3.63) is 33.8 Å². The van der Waals surface area contributed by atoms with Crippen LogP contribution in [0, 0.1) is 6.92 Å². The second kappa shape index (κ2) is 5.88. The molecule has 0 radical (unpaired) electrons.